The number of pyridine rings is 1. The van der Waals surface area contributed by atoms with E-state index in [1.165, 1.54) is 0 Å². The quantitative estimate of drug-likeness (QED) is 0.786. The highest BCUT2D eigenvalue weighted by Crippen LogP contribution is 2.14. The number of rotatable bonds is 3. The first-order valence-electron chi connectivity index (χ1n) is 5.67. The molecule has 2 heterocycles. The molecule has 2 rings (SSSR count). The lowest BCUT2D eigenvalue weighted by atomic mass is 10.0. The Bertz CT molecular complexity index is 353. The van der Waals surface area contributed by atoms with Crippen molar-refractivity contribution in [2.24, 2.45) is 5.92 Å². The molecule has 16 heavy (non-hydrogen) atoms. The zero-order valence-electron chi connectivity index (χ0n) is 9.44. The first kappa shape index (κ1) is 11.1. The van der Waals surface area contributed by atoms with Gasteiger partial charge in [-0.1, -0.05) is 13.0 Å². The van der Waals surface area contributed by atoms with Gasteiger partial charge in [0.05, 0.1) is 6.04 Å². The zero-order chi connectivity index (χ0) is 11.4. The highest BCUT2D eigenvalue weighted by molar-refractivity contribution is 5.82. The van der Waals surface area contributed by atoms with Gasteiger partial charge in [0.25, 0.3) is 0 Å². The fourth-order valence-electron chi connectivity index (χ4n) is 1.99. The lowest BCUT2D eigenvalue weighted by Gasteiger charge is -2.15. The fraction of sp³-hybridized carbons (Fsp3) is 0.500. The Kier molecular flexibility index (Phi) is 3.51. The van der Waals surface area contributed by atoms with E-state index in [0.29, 0.717) is 12.5 Å². The molecule has 2 unspecified atom stereocenters. The highest BCUT2D eigenvalue weighted by Gasteiger charge is 2.28. The maximum atomic E-state index is 11.8. The van der Waals surface area contributed by atoms with Crippen molar-refractivity contribution in [3.63, 3.8) is 0 Å². The monoisotopic (exact) mass is 219 g/mol. The molecular weight excluding hydrogens is 202 g/mol. The number of nitrogens with zero attached hydrogens (tertiary/aromatic N) is 1. The summed E-state index contributed by atoms with van der Waals surface area (Å²) in [4.78, 5) is 15.8. The summed E-state index contributed by atoms with van der Waals surface area (Å²) in [5, 5.41) is 6.14. The van der Waals surface area contributed by atoms with Crippen molar-refractivity contribution in [1.82, 2.24) is 15.6 Å². The predicted molar refractivity (Wildman–Crippen MR) is 61.7 cm³/mol. The van der Waals surface area contributed by atoms with Crippen molar-refractivity contribution in [1.29, 1.82) is 0 Å². The van der Waals surface area contributed by atoms with E-state index in [-0.39, 0.29) is 11.9 Å². The first-order chi connectivity index (χ1) is 7.77. The second-order valence-corrected chi connectivity index (χ2v) is 4.28. The normalized spacial score (nSPS) is 24.3. The minimum atomic E-state index is -0.0309. The van der Waals surface area contributed by atoms with Crippen molar-refractivity contribution in [3.05, 3.63) is 30.1 Å². The molecule has 1 saturated heterocycles. The van der Waals surface area contributed by atoms with Crippen LogP contribution in [0.4, 0.5) is 0 Å². The summed E-state index contributed by atoms with van der Waals surface area (Å²) in [6.45, 7) is 3.60. The number of carbonyl (C=O) groups excluding carboxylic acids is 1. The zero-order valence-corrected chi connectivity index (χ0v) is 9.44. The lowest BCUT2D eigenvalue weighted by molar-refractivity contribution is -0.123. The van der Waals surface area contributed by atoms with Crippen LogP contribution in [0.25, 0.3) is 0 Å². The number of nitrogens with one attached hydrogen (secondary N) is 2. The van der Waals surface area contributed by atoms with Crippen molar-refractivity contribution in [2.75, 3.05) is 6.54 Å². The highest BCUT2D eigenvalue weighted by atomic mass is 16.2. The van der Waals surface area contributed by atoms with Gasteiger partial charge in [-0.05, 0) is 30.5 Å². The molecule has 1 amide bonds. The second kappa shape index (κ2) is 5.07. The molecule has 4 nitrogen and oxygen atoms in total. The van der Waals surface area contributed by atoms with E-state index >= 15 is 0 Å². The summed E-state index contributed by atoms with van der Waals surface area (Å²) < 4.78 is 0. The Morgan fingerprint density at radius 1 is 1.69 bits per heavy atom. The standard InChI is InChI=1S/C12H17N3O/c1-9-4-6-14-11(9)12(16)15-8-10-3-2-5-13-7-10/h2-3,5,7,9,11,14H,4,6,8H2,1H3,(H,15,16). The van der Waals surface area contributed by atoms with Gasteiger partial charge in [-0.3, -0.25) is 9.78 Å². The lowest BCUT2D eigenvalue weighted by Crippen LogP contribution is -2.42. The van der Waals surface area contributed by atoms with E-state index in [2.05, 4.69) is 22.5 Å². The number of hydrogen-bond acceptors (Lipinski definition) is 3. The van der Waals surface area contributed by atoms with Crippen LogP contribution in [0.1, 0.15) is 18.9 Å². The van der Waals surface area contributed by atoms with Gasteiger partial charge in [0.15, 0.2) is 0 Å². The molecule has 86 valence electrons. The number of aromatic nitrogens is 1. The molecule has 0 spiro atoms. The van der Waals surface area contributed by atoms with Crippen LogP contribution in [0, 0.1) is 5.92 Å². The average Bonchev–Trinajstić information content (AvgIpc) is 2.74. The molecule has 0 saturated carbocycles. The molecule has 1 aliphatic heterocycles. The molecular formula is C12H17N3O. The topological polar surface area (TPSA) is 54.0 Å². The van der Waals surface area contributed by atoms with Crippen molar-refractivity contribution in [3.8, 4) is 0 Å². The molecule has 1 aromatic rings. The van der Waals surface area contributed by atoms with Gasteiger partial charge >= 0.3 is 0 Å². The van der Waals surface area contributed by atoms with E-state index in [4.69, 9.17) is 0 Å². The van der Waals surface area contributed by atoms with E-state index < -0.39 is 0 Å². The van der Waals surface area contributed by atoms with Gasteiger partial charge in [-0.25, -0.2) is 0 Å². The van der Waals surface area contributed by atoms with Crippen molar-refractivity contribution >= 4 is 5.91 Å². The van der Waals surface area contributed by atoms with Crippen LogP contribution in [-0.4, -0.2) is 23.5 Å². The van der Waals surface area contributed by atoms with E-state index in [1.54, 1.807) is 12.4 Å². The van der Waals surface area contributed by atoms with Gasteiger partial charge in [0.2, 0.25) is 5.91 Å². The Morgan fingerprint density at radius 3 is 3.19 bits per heavy atom. The molecule has 0 bridgehead atoms. The van der Waals surface area contributed by atoms with Crippen LogP contribution in [-0.2, 0) is 11.3 Å². The Balaban J connectivity index is 1.84. The van der Waals surface area contributed by atoms with Crippen LogP contribution < -0.4 is 10.6 Å². The van der Waals surface area contributed by atoms with E-state index in [9.17, 15) is 4.79 Å². The van der Waals surface area contributed by atoms with E-state index in [0.717, 1.165) is 18.5 Å². The van der Waals surface area contributed by atoms with Gasteiger partial charge < -0.3 is 10.6 Å². The average molecular weight is 219 g/mol. The molecule has 0 aliphatic carbocycles. The van der Waals surface area contributed by atoms with Gasteiger partial charge in [0.1, 0.15) is 0 Å². The molecule has 2 atom stereocenters. The number of carbonyl (C=O) groups is 1. The SMILES string of the molecule is CC1CCNC1C(=O)NCc1cccnc1. The van der Waals surface area contributed by atoms with Gasteiger partial charge in [-0.15, -0.1) is 0 Å². The largest absolute Gasteiger partial charge is 0.351 e. The first-order valence-corrected chi connectivity index (χ1v) is 5.67. The Hall–Kier alpha value is -1.42. The minimum absolute atomic E-state index is 0.0309. The summed E-state index contributed by atoms with van der Waals surface area (Å²) in [7, 11) is 0. The summed E-state index contributed by atoms with van der Waals surface area (Å²) in [6.07, 6.45) is 4.57. The third-order valence-corrected chi connectivity index (χ3v) is 3.00. The molecule has 4 heteroatoms. The summed E-state index contributed by atoms with van der Waals surface area (Å²) in [6, 6.07) is 3.80. The fourth-order valence-corrected chi connectivity index (χ4v) is 1.99. The minimum Gasteiger partial charge on any atom is -0.351 e. The summed E-state index contributed by atoms with van der Waals surface area (Å²) >= 11 is 0. The van der Waals surface area contributed by atoms with Crippen LogP contribution in [0.3, 0.4) is 0 Å². The van der Waals surface area contributed by atoms with E-state index in [1.807, 2.05) is 12.1 Å². The molecule has 2 N–H and O–H groups in total. The summed E-state index contributed by atoms with van der Waals surface area (Å²) in [5.74, 6) is 0.516. The van der Waals surface area contributed by atoms with Crippen molar-refractivity contribution < 1.29 is 4.79 Å². The molecule has 1 aromatic heterocycles. The van der Waals surface area contributed by atoms with Crippen LogP contribution in [0.5, 0.6) is 0 Å². The molecule has 0 aromatic carbocycles. The Labute approximate surface area is 95.5 Å². The smallest absolute Gasteiger partial charge is 0.237 e. The molecule has 1 aliphatic rings. The van der Waals surface area contributed by atoms with Crippen molar-refractivity contribution in [2.45, 2.75) is 25.9 Å². The molecule has 0 radical (unpaired) electrons. The van der Waals surface area contributed by atoms with Crippen LogP contribution in [0.2, 0.25) is 0 Å². The maximum absolute atomic E-state index is 11.8. The maximum Gasteiger partial charge on any atom is 0.237 e. The van der Waals surface area contributed by atoms with Gasteiger partial charge in [0, 0.05) is 18.9 Å². The number of hydrogen-bond donors (Lipinski definition) is 2. The second-order valence-electron chi connectivity index (χ2n) is 4.28. The number of amides is 1. The summed E-state index contributed by atoms with van der Waals surface area (Å²) in [5.41, 5.74) is 1.03. The van der Waals surface area contributed by atoms with Crippen LogP contribution in [0.15, 0.2) is 24.5 Å². The predicted octanol–water partition coefficient (Wildman–Crippen LogP) is 0.696. The third-order valence-electron chi connectivity index (χ3n) is 3.00. The third kappa shape index (κ3) is 2.58. The Morgan fingerprint density at radius 2 is 2.56 bits per heavy atom. The molecule has 1 fully saturated rings. The van der Waals surface area contributed by atoms with Crippen LogP contribution >= 0.6 is 0 Å². The van der Waals surface area contributed by atoms with Gasteiger partial charge in [-0.2, -0.15) is 0 Å².